The van der Waals surface area contributed by atoms with E-state index in [9.17, 15) is 0 Å². The van der Waals surface area contributed by atoms with Crippen molar-refractivity contribution in [1.82, 2.24) is 0 Å². The maximum absolute atomic E-state index is 7.02. The SMILES string of the molecule is CCCCCCCCOCCC[C@@H](C)[C@H]1CC[C@H]2[C@@H]3[C@H](OCCCN)C[C@@H]4C[C@H](OCCCN)CC[C@]4(C)[C@H]3C[C@H](OCCCN)[C@]12C. The Morgan fingerprint density at radius 2 is 1.33 bits per heavy atom. The van der Waals surface area contributed by atoms with Crippen LogP contribution in [-0.2, 0) is 18.9 Å². The van der Waals surface area contributed by atoms with E-state index < -0.39 is 0 Å². The maximum atomic E-state index is 7.02. The van der Waals surface area contributed by atoms with Crippen LogP contribution in [0.2, 0.25) is 0 Å². The van der Waals surface area contributed by atoms with Crippen molar-refractivity contribution in [2.24, 2.45) is 63.5 Å². The second kappa shape index (κ2) is 20.7. The van der Waals surface area contributed by atoms with E-state index in [1.165, 1.54) is 77.0 Å². The fraction of sp³-hybridized carbons (Fsp3) is 1.00. The molecule has 0 saturated heterocycles. The summed E-state index contributed by atoms with van der Waals surface area (Å²) >= 11 is 0. The third-order valence-electron chi connectivity index (χ3n) is 14.1. The minimum atomic E-state index is 0.162. The summed E-state index contributed by atoms with van der Waals surface area (Å²) in [5, 5.41) is 0. The molecule has 6 N–H and O–H groups in total. The van der Waals surface area contributed by atoms with Gasteiger partial charge in [-0.1, -0.05) is 59.8 Å². The lowest BCUT2D eigenvalue weighted by atomic mass is 9.43. The van der Waals surface area contributed by atoms with Gasteiger partial charge >= 0.3 is 0 Å². The number of unbranched alkanes of at least 4 members (excludes halogenated alkanes) is 5. The minimum Gasteiger partial charge on any atom is -0.381 e. The van der Waals surface area contributed by atoms with Gasteiger partial charge in [-0.25, -0.2) is 0 Å². The third-order valence-corrected chi connectivity index (χ3v) is 14.1. The monoisotopic (exact) mass is 678 g/mol. The predicted octanol–water partition coefficient (Wildman–Crippen LogP) is 7.86. The van der Waals surface area contributed by atoms with Gasteiger partial charge in [0.15, 0.2) is 0 Å². The molecule has 4 aliphatic carbocycles. The summed E-state index contributed by atoms with van der Waals surface area (Å²) in [5.41, 5.74) is 18.2. The molecule has 4 fully saturated rings. The molecule has 11 atom stereocenters. The van der Waals surface area contributed by atoms with Crippen molar-refractivity contribution in [2.45, 2.75) is 162 Å². The Morgan fingerprint density at radius 1 is 0.667 bits per heavy atom. The zero-order chi connectivity index (χ0) is 34.4. The molecule has 0 aliphatic heterocycles. The second-order valence-electron chi connectivity index (χ2n) is 17.0. The fourth-order valence-corrected chi connectivity index (χ4v) is 11.4. The van der Waals surface area contributed by atoms with E-state index in [4.69, 9.17) is 36.1 Å². The van der Waals surface area contributed by atoms with Crippen molar-refractivity contribution in [3.63, 3.8) is 0 Å². The molecule has 7 heteroatoms. The van der Waals surface area contributed by atoms with Gasteiger partial charge in [0.2, 0.25) is 0 Å². The number of hydrogen-bond acceptors (Lipinski definition) is 7. The molecule has 0 aromatic carbocycles. The van der Waals surface area contributed by atoms with Crippen LogP contribution in [0.1, 0.15) is 143 Å². The van der Waals surface area contributed by atoms with Crippen molar-refractivity contribution in [1.29, 1.82) is 0 Å². The van der Waals surface area contributed by atoms with Gasteiger partial charge in [0, 0.05) is 38.4 Å². The van der Waals surface area contributed by atoms with Gasteiger partial charge in [0.1, 0.15) is 0 Å². The van der Waals surface area contributed by atoms with Crippen molar-refractivity contribution < 1.29 is 18.9 Å². The molecule has 4 aliphatic rings. The number of hydrogen-bond donors (Lipinski definition) is 3. The molecule has 0 bridgehead atoms. The van der Waals surface area contributed by atoms with E-state index in [2.05, 4.69) is 27.7 Å². The highest BCUT2D eigenvalue weighted by molar-refractivity contribution is 5.15. The van der Waals surface area contributed by atoms with Gasteiger partial charge in [0.05, 0.1) is 18.3 Å². The number of nitrogens with two attached hydrogens (primary N) is 3. The highest BCUT2D eigenvalue weighted by Gasteiger charge is 2.66. The first-order valence-electron chi connectivity index (χ1n) is 20.9. The van der Waals surface area contributed by atoms with Gasteiger partial charge in [-0.3, -0.25) is 0 Å². The van der Waals surface area contributed by atoms with Crippen LogP contribution in [-0.4, -0.2) is 71.0 Å². The standard InChI is InChI=1S/C41H79N3O4/c1-5-6-7-8-9-10-23-45-24-11-15-31(2)34-16-17-35-39-36(30-38(41(34,35)4)48-27-14-22-44)40(3)19-18-33(46-25-12-20-42)28-32(40)29-37(39)47-26-13-21-43/h31-39H,5-30,42-44H2,1-4H3/t31-,32+,33-,34-,35+,36+,37-,38+,39+,40+,41-/m1/s1. The van der Waals surface area contributed by atoms with Crippen molar-refractivity contribution >= 4 is 0 Å². The molecule has 4 rings (SSSR count). The molecule has 0 heterocycles. The largest absolute Gasteiger partial charge is 0.381 e. The summed E-state index contributed by atoms with van der Waals surface area (Å²) in [7, 11) is 0. The Hall–Kier alpha value is -0.280. The molecule has 48 heavy (non-hydrogen) atoms. The van der Waals surface area contributed by atoms with E-state index >= 15 is 0 Å². The highest BCUT2D eigenvalue weighted by atomic mass is 16.5. The van der Waals surface area contributed by atoms with Gasteiger partial charge in [-0.2, -0.15) is 0 Å². The average Bonchev–Trinajstić information content (AvgIpc) is 3.44. The van der Waals surface area contributed by atoms with Crippen molar-refractivity contribution in [3.8, 4) is 0 Å². The highest BCUT2D eigenvalue weighted by Crippen LogP contribution is 2.69. The van der Waals surface area contributed by atoms with Gasteiger partial charge < -0.3 is 36.1 Å². The Labute approximate surface area is 296 Å². The van der Waals surface area contributed by atoms with Crippen LogP contribution in [0.15, 0.2) is 0 Å². The zero-order valence-electron chi connectivity index (χ0n) is 31.9. The summed E-state index contributed by atoms with van der Waals surface area (Å²) < 4.78 is 26.5. The van der Waals surface area contributed by atoms with Gasteiger partial charge in [-0.05, 0) is 144 Å². The van der Waals surface area contributed by atoms with Gasteiger partial charge in [0.25, 0.3) is 0 Å². The topological polar surface area (TPSA) is 115 Å². The van der Waals surface area contributed by atoms with Crippen LogP contribution in [0.4, 0.5) is 0 Å². The van der Waals surface area contributed by atoms with Crippen LogP contribution in [0.5, 0.6) is 0 Å². The van der Waals surface area contributed by atoms with E-state index in [1.807, 2.05) is 0 Å². The summed E-state index contributed by atoms with van der Waals surface area (Å²) in [4.78, 5) is 0. The summed E-state index contributed by atoms with van der Waals surface area (Å²) in [6.45, 7) is 16.4. The van der Waals surface area contributed by atoms with Crippen molar-refractivity contribution in [3.05, 3.63) is 0 Å². The van der Waals surface area contributed by atoms with Crippen LogP contribution in [0, 0.1) is 46.3 Å². The molecule has 0 aromatic heterocycles. The van der Waals surface area contributed by atoms with Gasteiger partial charge in [-0.15, -0.1) is 0 Å². The second-order valence-corrected chi connectivity index (χ2v) is 17.0. The molecule has 0 radical (unpaired) electrons. The molecule has 4 saturated carbocycles. The molecular formula is C41H79N3O4. The Balaban J connectivity index is 1.46. The van der Waals surface area contributed by atoms with Crippen LogP contribution < -0.4 is 17.2 Å². The van der Waals surface area contributed by atoms with Crippen molar-refractivity contribution in [2.75, 3.05) is 52.7 Å². The van der Waals surface area contributed by atoms with Crippen LogP contribution in [0.25, 0.3) is 0 Å². The molecule has 0 spiro atoms. The van der Waals surface area contributed by atoms with Crippen LogP contribution >= 0.6 is 0 Å². The summed E-state index contributed by atoms with van der Waals surface area (Å²) in [5.74, 6) is 3.81. The Kier molecular flexibility index (Phi) is 17.4. The van der Waals surface area contributed by atoms with E-state index in [0.717, 1.165) is 71.6 Å². The lowest BCUT2D eigenvalue weighted by Gasteiger charge is -2.65. The number of ether oxygens (including phenoxy) is 4. The minimum absolute atomic E-state index is 0.162. The molecular weight excluding hydrogens is 598 g/mol. The van der Waals surface area contributed by atoms with E-state index in [-0.39, 0.29) is 11.5 Å². The average molecular weight is 678 g/mol. The first-order valence-corrected chi connectivity index (χ1v) is 20.9. The molecule has 0 unspecified atom stereocenters. The molecule has 0 amide bonds. The quantitative estimate of drug-likeness (QED) is 0.0891. The maximum Gasteiger partial charge on any atom is 0.0637 e. The lowest BCUT2D eigenvalue weighted by molar-refractivity contribution is -0.227. The number of fused-ring (bicyclic) bond motifs is 5. The molecule has 7 nitrogen and oxygen atoms in total. The first-order chi connectivity index (χ1) is 23.3. The predicted molar refractivity (Wildman–Crippen MR) is 199 cm³/mol. The first kappa shape index (κ1) is 40.5. The number of rotatable bonds is 24. The zero-order valence-corrected chi connectivity index (χ0v) is 31.9. The normalized spacial score (nSPS) is 36.8. The molecule has 282 valence electrons. The Morgan fingerprint density at radius 3 is 2.06 bits per heavy atom. The van der Waals surface area contributed by atoms with E-state index in [0.29, 0.717) is 72.8 Å². The fourth-order valence-electron chi connectivity index (χ4n) is 11.4. The third kappa shape index (κ3) is 9.98. The summed E-state index contributed by atoms with van der Waals surface area (Å²) in [6.07, 6.45) is 22.6. The van der Waals surface area contributed by atoms with E-state index in [1.54, 1.807) is 0 Å². The smallest absolute Gasteiger partial charge is 0.0637 e. The summed E-state index contributed by atoms with van der Waals surface area (Å²) in [6, 6.07) is 0. The Bertz CT molecular complexity index is 879. The lowest BCUT2D eigenvalue weighted by Crippen LogP contribution is -2.63. The molecule has 0 aromatic rings. The van der Waals surface area contributed by atoms with Crippen LogP contribution in [0.3, 0.4) is 0 Å².